The lowest BCUT2D eigenvalue weighted by molar-refractivity contribution is 0.122. The fraction of sp³-hybridized carbons (Fsp3) is 0.346. The summed E-state index contributed by atoms with van der Waals surface area (Å²) in [6, 6.07) is 9.47. The quantitative estimate of drug-likeness (QED) is 0.359. The van der Waals surface area contributed by atoms with Gasteiger partial charge in [0.1, 0.15) is 17.1 Å². The molecule has 1 unspecified atom stereocenters. The van der Waals surface area contributed by atoms with Crippen LogP contribution in [-0.2, 0) is 11.3 Å². The number of benzene rings is 2. The minimum absolute atomic E-state index is 0.162. The molecule has 2 aromatic carbocycles. The van der Waals surface area contributed by atoms with Crippen molar-refractivity contribution in [1.82, 2.24) is 20.3 Å². The Morgan fingerprint density at radius 2 is 2.03 bits per heavy atom. The summed E-state index contributed by atoms with van der Waals surface area (Å²) >= 11 is 1.51. The molecule has 4 aromatic rings. The summed E-state index contributed by atoms with van der Waals surface area (Å²) < 4.78 is 5.48. The molecule has 3 heterocycles. The molecule has 1 aliphatic heterocycles. The van der Waals surface area contributed by atoms with Crippen LogP contribution in [0.4, 0.5) is 5.69 Å². The maximum Gasteiger partial charge on any atom is 0.121 e. The number of aromatic hydroxyl groups is 1. The Bertz CT molecular complexity index is 1330. The Labute approximate surface area is 208 Å². The molecule has 182 valence electrons. The van der Waals surface area contributed by atoms with E-state index in [0.717, 1.165) is 77.0 Å². The molecule has 0 saturated carbocycles. The minimum Gasteiger partial charge on any atom is -0.508 e. The average molecular weight is 491 g/mol. The maximum atomic E-state index is 10.8. The third-order valence-corrected chi connectivity index (χ3v) is 7.33. The molecule has 0 aliphatic carbocycles. The van der Waals surface area contributed by atoms with Crippen LogP contribution in [0.2, 0.25) is 0 Å². The van der Waals surface area contributed by atoms with Gasteiger partial charge in [-0.1, -0.05) is 6.92 Å². The first-order valence-corrected chi connectivity index (χ1v) is 12.7. The van der Waals surface area contributed by atoms with Crippen LogP contribution in [-0.4, -0.2) is 52.9 Å². The summed E-state index contributed by atoms with van der Waals surface area (Å²) in [5.41, 5.74) is 12.8. The molecule has 9 heteroatoms. The highest BCUT2D eigenvalue weighted by Crippen LogP contribution is 2.37. The Morgan fingerprint density at radius 3 is 2.83 bits per heavy atom. The number of anilines is 1. The molecule has 1 fully saturated rings. The molecule has 2 aromatic heterocycles. The van der Waals surface area contributed by atoms with Crippen LogP contribution in [0.15, 0.2) is 42.0 Å². The number of rotatable bonds is 7. The van der Waals surface area contributed by atoms with Gasteiger partial charge in [-0.25, -0.2) is 15.0 Å². The predicted octanol–water partition coefficient (Wildman–Crippen LogP) is 3.76. The van der Waals surface area contributed by atoms with E-state index in [1.807, 2.05) is 18.4 Å². The van der Waals surface area contributed by atoms with Crippen molar-refractivity contribution in [2.75, 3.05) is 37.7 Å². The summed E-state index contributed by atoms with van der Waals surface area (Å²) in [5.74, 6) is 0.162. The van der Waals surface area contributed by atoms with Gasteiger partial charge in [-0.3, -0.25) is 0 Å². The van der Waals surface area contributed by atoms with Crippen molar-refractivity contribution in [2.24, 2.45) is 5.73 Å². The van der Waals surface area contributed by atoms with Crippen LogP contribution >= 0.6 is 11.3 Å². The zero-order valence-corrected chi connectivity index (χ0v) is 20.8. The third-order valence-electron chi connectivity index (χ3n) is 6.35. The van der Waals surface area contributed by atoms with Gasteiger partial charge in [-0.15, -0.1) is 11.3 Å². The first-order chi connectivity index (χ1) is 17.0. The van der Waals surface area contributed by atoms with Crippen LogP contribution in [0, 0.1) is 6.92 Å². The van der Waals surface area contributed by atoms with E-state index >= 15 is 0 Å². The second kappa shape index (κ2) is 10.2. The fourth-order valence-electron chi connectivity index (χ4n) is 4.42. The Balaban J connectivity index is 1.51. The van der Waals surface area contributed by atoms with Gasteiger partial charge in [0, 0.05) is 47.2 Å². The highest BCUT2D eigenvalue weighted by atomic mass is 32.1. The summed E-state index contributed by atoms with van der Waals surface area (Å²) in [4.78, 5) is 16.2. The average Bonchev–Trinajstić information content (AvgIpc) is 3.36. The Kier molecular flexibility index (Phi) is 6.92. The van der Waals surface area contributed by atoms with Gasteiger partial charge < -0.3 is 25.8 Å². The topological polar surface area (TPSA) is 109 Å². The van der Waals surface area contributed by atoms with Crippen LogP contribution in [0.1, 0.15) is 34.8 Å². The van der Waals surface area contributed by atoms with Gasteiger partial charge in [0.2, 0.25) is 0 Å². The number of hydrogen-bond acceptors (Lipinski definition) is 9. The molecule has 0 radical (unpaired) electrons. The van der Waals surface area contributed by atoms with Gasteiger partial charge in [-0.05, 0) is 49.4 Å². The van der Waals surface area contributed by atoms with Crippen molar-refractivity contribution in [3.05, 3.63) is 63.9 Å². The molecule has 1 atom stereocenters. The molecule has 0 amide bonds. The highest BCUT2D eigenvalue weighted by molar-refractivity contribution is 7.09. The largest absolute Gasteiger partial charge is 0.508 e. The molecule has 8 nitrogen and oxygen atoms in total. The van der Waals surface area contributed by atoms with E-state index < -0.39 is 6.04 Å². The van der Waals surface area contributed by atoms with Gasteiger partial charge in [-0.2, -0.15) is 0 Å². The second-order valence-electron chi connectivity index (χ2n) is 8.68. The number of fused-ring (bicyclic) bond motifs is 1. The van der Waals surface area contributed by atoms with Crippen LogP contribution < -0.4 is 16.0 Å². The number of aryl methyl sites for hydroxylation is 1. The zero-order chi connectivity index (χ0) is 24.4. The summed E-state index contributed by atoms with van der Waals surface area (Å²) in [5, 5.41) is 17.8. The van der Waals surface area contributed by atoms with Gasteiger partial charge >= 0.3 is 0 Å². The van der Waals surface area contributed by atoms with Crippen LogP contribution in [0.5, 0.6) is 5.75 Å². The van der Waals surface area contributed by atoms with E-state index in [-0.39, 0.29) is 5.75 Å². The Hall–Kier alpha value is -3.11. The van der Waals surface area contributed by atoms with E-state index in [1.165, 1.54) is 11.3 Å². The second-order valence-corrected chi connectivity index (χ2v) is 9.57. The normalized spacial score (nSPS) is 15.0. The predicted molar refractivity (Wildman–Crippen MR) is 140 cm³/mol. The minimum atomic E-state index is -0.532. The van der Waals surface area contributed by atoms with E-state index in [4.69, 9.17) is 10.5 Å². The van der Waals surface area contributed by atoms with Gasteiger partial charge in [0.15, 0.2) is 0 Å². The van der Waals surface area contributed by atoms with Crippen molar-refractivity contribution in [3.8, 4) is 17.0 Å². The Morgan fingerprint density at radius 1 is 1.20 bits per heavy atom. The number of nitrogens with one attached hydrogen (secondary N) is 1. The lowest BCUT2D eigenvalue weighted by Gasteiger charge is -2.29. The number of nitrogens with two attached hydrogens (primary N) is 1. The van der Waals surface area contributed by atoms with Crippen molar-refractivity contribution in [3.63, 3.8) is 0 Å². The van der Waals surface area contributed by atoms with Gasteiger partial charge in [0.05, 0.1) is 36.2 Å². The first kappa shape index (κ1) is 23.6. The smallest absolute Gasteiger partial charge is 0.121 e. The summed E-state index contributed by atoms with van der Waals surface area (Å²) in [7, 11) is 0. The van der Waals surface area contributed by atoms with E-state index in [0.29, 0.717) is 12.1 Å². The molecule has 0 spiro atoms. The number of morpholine rings is 1. The van der Waals surface area contributed by atoms with Crippen molar-refractivity contribution < 1.29 is 9.84 Å². The monoisotopic (exact) mass is 490 g/mol. The number of ether oxygens (including phenoxy) is 1. The molecule has 1 aliphatic rings. The summed E-state index contributed by atoms with van der Waals surface area (Å²) in [6.45, 7) is 8.82. The van der Waals surface area contributed by atoms with E-state index in [1.54, 1.807) is 12.4 Å². The first-order valence-electron chi connectivity index (χ1n) is 11.9. The maximum absolute atomic E-state index is 10.8. The number of phenolic OH excluding ortho intramolecular Hbond substituents is 1. The number of phenols is 1. The van der Waals surface area contributed by atoms with E-state index in [2.05, 4.69) is 50.3 Å². The van der Waals surface area contributed by atoms with Gasteiger partial charge in [0.25, 0.3) is 0 Å². The highest BCUT2D eigenvalue weighted by Gasteiger charge is 2.21. The number of hydrogen-bond donors (Lipinski definition) is 3. The third kappa shape index (κ3) is 4.85. The van der Waals surface area contributed by atoms with Crippen LogP contribution in [0.25, 0.3) is 22.2 Å². The fourth-order valence-corrected chi connectivity index (χ4v) is 5.26. The van der Waals surface area contributed by atoms with Crippen molar-refractivity contribution >= 4 is 27.9 Å². The molecule has 35 heavy (non-hydrogen) atoms. The molecule has 4 N–H and O–H groups in total. The van der Waals surface area contributed by atoms with Crippen molar-refractivity contribution in [1.29, 1.82) is 0 Å². The number of thiazole rings is 1. The van der Waals surface area contributed by atoms with E-state index in [9.17, 15) is 5.11 Å². The van der Waals surface area contributed by atoms with Crippen molar-refractivity contribution in [2.45, 2.75) is 26.4 Å². The zero-order valence-electron chi connectivity index (χ0n) is 20.0. The number of nitrogens with zero attached hydrogens (tertiary/aromatic N) is 4. The molecule has 0 bridgehead atoms. The molecular weight excluding hydrogens is 460 g/mol. The lowest BCUT2D eigenvalue weighted by atomic mass is 9.95. The number of aromatic nitrogens is 3. The molecule has 1 saturated heterocycles. The standard InChI is InChI=1S/C26H30N6O2S/c1-3-28-13-17-14-35-26(31-17)24(27)21-12-20(16(2)10-23(21)33)25-19-5-4-18(11-22(19)29-15-30-25)32-6-8-34-9-7-32/h4-5,10-12,14-15,24,28,33H,3,6-9,13,27H2,1-2H3. The lowest BCUT2D eigenvalue weighted by Crippen LogP contribution is -2.36. The molecule has 5 rings (SSSR count). The SMILES string of the molecule is CCNCc1csc(C(N)c2cc(-c3ncnc4cc(N5CCOCC5)ccc34)c(C)cc2O)n1. The van der Waals surface area contributed by atoms with Crippen LogP contribution in [0.3, 0.4) is 0 Å². The molecular formula is C26H30N6O2S. The summed E-state index contributed by atoms with van der Waals surface area (Å²) in [6.07, 6.45) is 1.60.